The van der Waals surface area contributed by atoms with Gasteiger partial charge in [-0.1, -0.05) is 34.1 Å². The third-order valence-corrected chi connectivity index (χ3v) is 6.00. The second-order valence-corrected chi connectivity index (χ2v) is 9.87. The lowest BCUT2D eigenvalue weighted by Crippen LogP contribution is -2.81. The maximum absolute atomic E-state index is 12.4. The topological polar surface area (TPSA) is 75.6 Å². The molecule has 1 fully saturated rings. The van der Waals surface area contributed by atoms with Gasteiger partial charge in [0.1, 0.15) is 4.75 Å². The number of hydrogen-bond donors (Lipinski definition) is 2. The predicted molar refractivity (Wildman–Crippen MR) is 86.6 cm³/mol. The van der Waals surface area contributed by atoms with E-state index in [9.17, 15) is 14.5 Å². The highest BCUT2D eigenvalue weighted by Gasteiger charge is 2.63. The van der Waals surface area contributed by atoms with Crippen LogP contribution in [0, 0.1) is 5.41 Å². The first kappa shape index (κ1) is 18.6. The molecule has 1 amide bonds. The van der Waals surface area contributed by atoms with E-state index in [1.165, 1.54) is 4.90 Å². The van der Waals surface area contributed by atoms with E-state index in [0.717, 1.165) is 12.8 Å². The van der Waals surface area contributed by atoms with Crippen molar-refractivity contribution >= 4 is 17.5 Å². The van der Waals surface area contributed by atoms with Crippen LogP contribution in [0.25, 0.3) is 0 Å². The minimum absolute atomic E-state index is 0.0754. The molecule has 1 aliphatic heterocycles. The highest BCUT2D eigenvalue weighted by atomic mass is 32.2. The molecule has 3 atom stereocenters. The molecule has 3 unspecified atom stereocenters. The molecular weight excluding hydrogens is 288 g/mol. The standard InChI is InChI=1S/C15H30N2O3S/c1-8-9-15(13(2,3)4)11(10-17(15)12(18)19)16-21(20)14(5,6)7/h11,16H,8-10H2,1-7H3,(H,18,19). The SMILES string of the molecule is CCCC1(C(C)(C)C)C(N[S+]([O-])C(C)(C)C)CN1C(=O)O. The fourth-order valence-corrected chi connectivity index (χ4v) is 4.14. The fourth-order valence-electron chi connectivity index (χ4n) is 3.25. The Morgan fingerprint density at radius 2 is 1.90 bits per heavy atom. The summed E-state index contributed by atoms with van der Waals surface area (Å²) >= 11 is -1.20. The summed E-state index contributed by atoms with van der Waals surface area (Å²) in [6.45, 7) is 14.4. The van der Waals surface area contributed by atoms with Gasteiger partial charge >= 0.3 is 6.09 Å². The van der Waals surface area contributed by atoms with Gasteiger partial charge in [-0.15, -0.1) is 4.72 Å². The van der Waals surface area contributed by atoms with Crippen LogP contribution in [-0.4, -0.2) is 43.5 Å². The highest BCUT2D eigenvalue weighted by molar-refractivity contribution is 7.90. The van der Waals surface area contributed by atoms with Crippen molar-refractivity contribution in [2.24, 2.45) is 5.41 Å². The molecule has 0 aromatic carbocycles. The average Bonchev–Trinajstić information content (AvgIpc) is 2.26. The third-order valence-electron chi connectivity index (χ3n) is 4.39. The summed E-state index contributed by atoms with van der Waals surface area (Å²) in [4.78, 5) is 13.1. The molecule has 1 saturated heterocycles. The van der Waals surface area contributed by atoms with Crippen molar-refractivity contribution in [3.63, 3.8) is 0 Å². The van der Waals surface area contributed by atoms with Crippen molar-refractivity contribution < 1.29 is 14.5 Å². The molecule has 0 aliphatic carbocycles. The third kappa shape index (κ3) is 3.32. The molecule has 1 aliphatic rings. The molecule has 0 spiro atoms. The monoisotopic (exact) mass is 318 g/mol. The summed E-state index contributed by atoms with van der Waals surface area (Å²) in [5.74, 6) is 0. The first-order chi connectivity index (χ1) is 9.38. The maximum Gasteiger partial charge on any atom is 0.407 e. The number of rotatable bonds is 4. The molecule has 0 aromatic rings. The van der Waals surface area contributed by atoms with Crippen LogP contribution in [0.5, 0.6) is 0 Å². The Morgan fingerprint density at radius 3 is 2.24 bits per heavy atom. The van der Waals surface area contributed by atoms with Crippen LogP contribution in [0.1, 0.15) is 61.3 Å². The minimum atomic E-state index is -1.20. The molecular formula is C15H30N2O3S. The van der Waals surface area contributed by atoms with Crippen LogP contribution >= 0.6 is 0 Å². The van der Waals surface area contributed by atoms with E-state index >= 15 is 0 Å². The summed E-state index contributed by atoms with van der Waals surface area (Å²) in [6.07, 6.45) is 0.765. The van der Waals surface area contributed by atoms with Crippen LogP contribution in [0.15, 0.2) is 0 Å². The Balaban J connectivity index is 3.07. The molecule has 0 bridgehead atoms. The number of carbonyl (C=O) groups is 1. The summed E-state index contributed by atoms with van der Waals surface area (Å²) in [7, 11) is 0. The Hall–Kier alpha value is -0.460. The lowest BCUT2D eigenvalue weighted by Gasteiger charge is -2.63. The number of amides is 1. The molecule has 1 heterocycles. The quantitative estimate of drug-likeness (QED) is 0.781. The van der Waals surface area contributed by atoms with E-state index in [0.29, 0.717) is 6.54 Å². The largest absolute Gasteiger partial charge is 0.598 e. The molecule has 124 valence electrons. The normalized spacial score (nSPS) is 28.2. The Morgan fingerprint density at radius 1 is 1.38 bits per heavy atom. The molecule has 5 nitrogen and oxygen atoms in total. The van der Waals surface area contributed by atoms with Crippen LogP contribution in [0.2, 0.25) is 0 Å². The Kier molecular flexibility index (Phi) is 5.29. The zero-order valence-electron chi connectivity index (χ0n) is 14.3. The molecule has 0 saturated carbocycles. The Labute approximate surface area is 131 Å². The number of nitrogens with zero attached hydrogens (tertiary/aromatic N) is 1. The van der Waals surface area contributed by atoms with E-state index < -0.39 is 23.0 Å². The zero-order valence-corrected chi connectivity index (χ0v) is 15.1. The molecule has 6 heteroatoms. The molecule has 2 N–H and O–H groups in total. The molecule has 0 aromatic heterocycles. The van der Waals surface area contributed by atoms with E-state index in [4.69, 9.17) is 0 Å². The van der Waals surface area contributed by atoms with E-state index in [1.807, 2.05) is 20.8 Å². The van der Waals surface area contributed by atoms with Gasteiger partial charge in [-0.3, -0.25) is 4.90 Å². The summed E-state index contributed by atoms with van der Waals surface area (Å²) in [6, 6.07) is -0.0754. The smallest absolute Gasteiger partial charge is 0.407 e. The van der Waals surface area contributed by atoms with Crippen LogP contribution < -0.4 is 4.72 Å². The van der Waals surface area contributed by atoms with Crippen molar-refractivity contribution in [3.8, 4) is 0 Å². The number of likely N-dealkylation sites (tertiary alicyclic amines) is 1. The van der Waals surface area contributed by atoms with Crippen molar-refractivity contribution in [2.45, 2.75) is 77.6 Å². The maximum atomic E-state index is 12.4. The summed E-state index contributed by atoms with van der Waals surface area (Å²) in [5, 5.41) is 9.49. The lowest BCUT2D eigenvalue weighted by atomic mass is 9.61. The van der Waals surface area contributed by atoms with Gasteiger partial charge in [-0.05, 0) is 32.6 Å². The first-order valence-corrected chi connectivity index (χ1v) is 8.71. The lowest BCUT2D eigenvalue weighted by molar-refractivity contribution is -0.101. The van der Waals surface area contributed by atoms with Gasteiger partial charge in [0.05, 0.1) is 11.6 Å². The van der Waals surface area contributed by atoms with Crippen LogP contribution in [0.3, 0.4) is 0 Å². The zero-order chi connectivity index (χ0) is 16.6. The number of hydrogen-bond acceptors (Lipinski definition) is 3. The average molecular weight is 318 g/mol. The van der Waals surface area contributed by atoms with Crippen molar-refractivity contribution in [2.75, 3.05) is 6.54 Å². The van der Waals surface area contributed by atoms with Gasteiger partial charge in [-0.25, -0.2) is 4.79 Å². The van der Waals surface area contributed by atoms with Gasteiger partial charge in [0.25, 0.3) is 0 Å². The Bertz CT molecular complexity index is 389. The van der Waals surface area contributed by atoms with Crippen LogP contribution in [-0.2, 0) is 11.4 Å². The second-order valence-electron chi connectivity index (χ2n) is 7.87. The minimum Gasteiger partial charge on any atom is -0.598 e. The predicted octanol–water partition coefficient (Wildman–Crippen LogP) is 2.99. The van der Waals surface area contributed by atoms with Gasteiger partial charge in [0, 0.05) is 17.9 Å². The summed E-state index contributed by atoms with van der Waals surface area (Å²) in [5.41, 5.74) is -0.728. The van der Waals surface area contributed by atoms with E-state index in [2.05, 4.69) is 32.4 Å². The van der Waals surface area contributed by atoms with Crippen molar-refractivity contribution in [1.82, 2.24) is 9.62 Å². The molecule has 21 heavy (non-hydrogen) atoms. The van der Waals surface area contributed by atoms with Gasteiger partial charge < -0.3 is 9.66 Å². The molecule has 1 rings (SSSR count). The fraction of sp³-hybridized carbons (Fsp3) is 0.933. The van der Waals surface area contributed by atoms with Crippen molar-refractivity contribution in [3.05, 3.63) is 0 Å². The number of nitrogens with one attached hydrogen (secondary N) is 1. The van der Waals surface area contributed by atoms with Crippen molar-refractivity contribution in [1.29, 1.82) is 0 Å². The van der Waals surface area contributed by atoms with Crippen LogP contribution in [0.4, 0.5) is 4.79 Å². The van der Waals surface area contributed by atoms with E-state index in [-0.39, 0.29) is 16.2 Å². The van der Waals surface area contributed by atoms with Gasteiger partial charge in [0.2, 0.25) is 0 Å². The number of carboxylic acid groups (broad SMARTS) is 1. The second kappa shape index (κ2) is 5.97. The van der Waals surface area contributed by atoms with Gasteiger partial charge in [0.15, 0.2) is 0 Å². The molecule has 0 radical (unpaired) electrons. The summed E-state index contributed by atoms with van der Waals surface area (Å²) < 4.78 is 15.2. The highest BCUT2D eigenvalue weighted by Crippen LogP contribution is 2.49. The first-order valence-electron chi connectivity index (χ1n) is 7.56. The van der Waals surface area contributed by atoms with Gasteiger partial charge in [-0.2, -0.15) is 0 Å². The van der Waals surface area contributed by atoms with E-state index in [1.54, 1.807) is 0 Å².